The van der Waals surface area contributed by atoms with Crippen LogP contribution < -0.4 is 15.4 Å². The number of amides is 2. The van der Waals surface area contributed by atoms with Crippen molar-refractivity contribution in [3.05, 3.63) is 23.5 Å². The topological polar surface area (TPSA) is 80.3 Å². The van der Waals surface area contributed by atoms with Crippen LogP contribution in [-0.4, -0.2) is 36.0 Å². The molecule has 1 heterocycles. The van der Waals surface area contributed by atoms with Crippen molar-refractivity contribution in [1.29, 1.82) is 0 Å². The molecule has 2 N–H and O–H groups in total. The summed E-state index contributed by atoms with van der Waals surface area (Å²) < 4.78 is 5.98. The molecular weight excluding hydrogens is 318 g/mol. The number of pyridine rings is 1. The number of nitrogens with one attached hydrogen (secondary N) is 2. The van der Waals surface area contributed by atoms with Crippen LogP contribution in [0.2, 0.25) is 0 Å². The molecule has 2 aliphatic carbocycles. The minimum Gasteiger partial charge on any atom is -0.493 e. The lowest BCUT2D eigenvalue weighted by molar-refractivity contribution is -0.126. The fourth-order valence-corrected chi connectivity index (χ4v) is 2.79. The molecule has 136 valence electrons. The fraction of sp³-hybridized carbons (Fsp3) is 0.632. The monoisotopic (exact) mass is 345 g/mol. The van der Waals surface area contributed by atoms with Crippen molar-refractivity contribution in [2.75, 3.05) is 13.7 Å². The third-order valence-electron chi connectivity index (χ3n) is 5.14. The van der Waals surface area contributed by atoms with Crippen molar-refractivity contribution < 1.29 is 14.3 Å². The number of carbonyl (C=O) groups excluding carboxylic acids is 2. The van der Waals surface area contributed by atoms with Gasteiger partial charge in [0.1, 0.15) is 17.0 Å². The third kappa shape index (κ3) is 4.11. The first-order valence-corrected chi connectivity index (χ1v) is 9.14. The molecule has 0 aliphatic heterocycles. The molecule has 1 unspecified atom stereocenters. The second-order valence-corrected chi connectivity index (χ2v) is 7.35. The first kappa shape index (κ1) is 17.7. The van der Waals surface area contributed by atoms with E-state index in [9.17, 15) is 9.59 Å². The smallest absolute Gasteiger partial charge is 0.270 e. The second-order valence-electron chi connectivity index (χ2n) is 7.35. The van der Waals surface area contributed by atoms with Crippen molar-refractivity contribution in [2.45, 2.75) is 57.4 Å². The molecule has 2 amide bonds. The summed E-state index contributed by atoms with van der Waals surface area (Å²) in [7, 11) is 1.56. The summed E-state index contributed by atoms with van der Waals surface area (Å²) in [6, 6.07) is 1.73. The Kier molecular flexibility index (Phi) is 4.97. The summed E-state index contributed by atoms with van der Waals surface area (Å²) in [6.45, 7) is 4.28. The van der Waals surface area contributed by atoms with E-state index in [1.165, 1.54) is 12.8 Å². The summed E-state index contributed by atoms with van der Waals surface area (Å²) in [5.74, 6) is 1.35. The Hall–Kier alpha value is -2.11. The van der Waals surface area contributed by atoms with E-state index in [1.807, 2.05) is 6.92 Å². The van der Waals surface area contributed by atoms with Crippen molar-refractivity contribution in [3.63, 3.8) is 0 Å². The van der Waals surface area contributed by atoms with E-state index in [2.05, 4.69) is 15.6 Å². The fourth-order valence-electron chi connectivity index (χ4n) is 2.79. The van der Waals surface area contributed by atoms with E-state index >= 15 is 0 Å². The van der Waals surface area contributed by atoms with Crippen molar-refractivity contribution in [2.24, 2.45) is 5.92 Å². The molecule has 1 aromatic heterocycles. The van der Waals surface area contributed by atoms with Gasteiger partial charge in [0, 0.05) is 24.9 Å². The molecule has 2 fully saturated rings. The van der Waals surface area contributed by atoms with Gasteiger partial charge in [-0.2, -0.15) is 0 Å². The number of hydrogen-bond acceptors (Lipinski definition) is 4. The Bertz CT molecular complexity index is 668. The Morgan fingerprint density at radius 2 is 2.04 bits per heavy atom. The average molecular weight is 345 g/mol. The van der Waals surface area contributed by atoms with Gasteiger partial charge in [-0.15, -0.1) is 0 Å². The van der Waals surface area contributed by atoms with Crippen LogP contribution in [0.15, 0.2) is 12.3 Å². The molecule has 3 rings (SSSR count). The number of hydrogen-bond donors (Lipinski definition) is 2. The molecule has 0 bridgehead atoms. The maximum absolute atomic E-state index is 12.6. The normalized spacial score (nSPS) is 19.0. The van der Waals surface area contributed by atoms with Crippen molar-refractivity contribution in [3.8, 4) is 5.75 Å². The molecule has 0 spiro atoms. The van der Waals surface area contributed by atoms with Crippen LogP contribution in [0.4, 0.5) is 0 Å². The summed E-state index contributed by atoms with van der Waals surface area (Å²) in [5, 5.41) is 5.41. The van der Waals surface area contributed by atoms with E-state index in [4.69, 9.17) is 4.74 Å². The summed E-state index contributed by atoms with van der Waals surface area (Å²) in [5.41, 5.74) is 0.429. The van der Waals surface area contributed by atoms with Crippen LogP contribution in [-0.2, 0) is 4.79 Å². The number of rotatable bonds is 8. The van der Waals surface area contributed by atoms with Crippen LogP contribution in [0, 0.1) is 5.92 Å². The number of likely N-dealkylation sites (N-methyl/N-ethyl adjacent to an activating group) is 1. The van der Waals surface area contributed by atoms with Crippen LogP contribution in [0.5, 0.6) is 5.75 Å². The highest BCUT2D eigenvalue weighted by Crippen LogP contribution is 2.44. The van der Waals surface area contributed by atoms with Gasteiger partial charge in [0.05, 0.1) is 6.61 Å². The molecule has 2 saturated carbocycles. The summed E-state index contributed by atoms with van der Waals surface area (Å²) in [6.07, 6.45) is 6.99. The highest BCUT2D eigenvalue weighted by atomic mass is 16.5. The van der Waals surface area contributed by atoms with Gasteiger partial charge in [0.25, 0.3) is 5.91 Å². The average Bonchev–Trinajstić information content (AvgIpc) is 3.51. The second kappa shape index (κ2) is 7.02. The number of aromatic nitrogens is 1. The lowest BCUT2D eigenvalue weighted by Crippen LogP contribution is -2.55. The summed E-state index contributed by atoms with van der Waals surface area (Å²) in [4.78, 5) is 29.0. The standard InChI is InChI=1S/C19H27N3O3/c1-4-19(2,18(24)20-3)22-17(23)15-9-16(25-11-12-5-6-12)14(10-21-15)13-7-8-13/h9-10,12-13H,4-8,11H2,1-3H3,(H,20,24)(H,22,23). The molecule has 25 heavy (non-hydrogen) atoms. The highest BCUT2D eigenvalue weighted by molar-refractivity contribution is 5.98. The van der Waals surface area contributed by atoms with E-state index in [1.54, 1.807) is 26.2 Å². The van der Waals surface area contributed by atoms with Crippen molar-refractivity contribution in [1.82, 2.24) is 15.6 Å². The van der Waals surface area contributed by atoms with Crippen molar-refractivity contribution >= 4 is 11.8 Å². The SMILES string of the molecule is CCC(C)(NC(=O)c1cc(OCC2CC2)c(C2CC2)cn1)C(=O)NC. The minimum atomic E-state index is -0.961. The Balaban J connectivity index is 1.77. The van der Waals surface area contributed by atoms with E-state index < -0.39 is 5.54 Å². The first-order valence-electron chi connectivity index (χ1n) is 9.14. The zero-order valence-corrected chi connectivity index (χ0v) is 15.2. The number of nitrogens with zero attached hydrogens (tertiary/aromatic N) is 1. The quantitative estimate of drug-likeness (QED) is 0.758. The lowest BCUT2D eigenvalue weighted by Gasteiger charge is -2.27. The van der Waals surface area contributed by atoms with Gasteiger partial charge < -0.3 is 15.4 Å². The van der Waals surface area contributed by atoms with Gasteiger partial charge in [0.15, 0.2) is 0 Å². The van der Waals surface area contributed by atoms with Crippen LogP contribution in [0.1, 0.15) is 67.9 Å². The lowest BCUT2D eigenvalue weighted by atomic mass is 9.97. The largest absolute Gasteiger partial charge is 0.493 e. The number of carbonyl (C=O) groups is 2. The maximum Gasteiger partial charge on any atom is 0.270 e. The Morgan fingerprint density at radius 3 is 2.60 bits per heavy atom. The molecule has 1 aromatic rings. The van der Waals surface area contributed by atoms with Crippen LogP contribution in [0.25, 0.3) is 0 Å². The zero-order valence-electron chi connectivity index (χ0n) is 15.2. The predicted octanol–water partition coefficient (Wildman–Crippen LogP) is 2.39. The zero-order chi connectivity index (χ0) is 18.0. The van der Waals surface area contributed by atoms with E-state index in [-0.39, 0.29) is 11.8 Å². The highest BCUT2D eigenvalue weighted by Gasteiger charge is 2.34. The molecule has 6 nitrogen and oxygen atoms in total. The van der Waals surface area contributed by atoms with E-state index in [0.29, 0.717) is 30.6 Å². The Labute approximate surface area is 148 Å². The molecule has 1 atom stereocenters. The molecular formula is C19H27N3O3. The number of ether oxygens (including phenoxy) is 1. The van der Waals surface area contributed by atoms with Crippen LogP contribution >= 0.6 is 0 Å². The van der Waals surface area contributed by atoms with Gasteiger partial charge in [-0.25, -0.2) is 0 Å². The first-order chi connectivity index (χ1) is 12.0. The van der Waals surface area contributed by atoms with Gasteiger partial charge in [-0.05, 0) is 50.9 Å². The molecule has 2 aliphatic rings. The Morgan fingerprint density at radius 1 is 1.32 bits per heavy atom. The minimum absolute atomic E-state index is 0.219. The van der Waals surface area contributed by atoms with E-state index in [0.717, 1.165) is 24.2 Å². The van der Waals surface area contributed by atoms with Crippen LogP contribution in [0.3, 0.4) is 0 Å². The molecule has 0 saturated heterocycles. The molecule has 0 radical (unpaired) electrons. The molecule has 6 heteroatoms. The maximum atomic E-state index is 12.6. The molecule has 0 aromatic carbocycles. The van der Waals surface area contributed by atoms with Gasteiger partial charge in [-0.3, -0.25) is 14.6 Å². The predicted molar refractivity (Wildman–Crippen MR) is 94.7 cm³/mol. The van der Waals surface area contributed by atoms with Gasteiger partial charge in [-0.1, -0.05) is 6.92 Å². The van der Waals surface area contributed by atoms with Gasteiger partial charge in [0.2, 0.25) is 5.91 Å². The third-order valence-corrected chi connectivity index (χ3v) is 5.14. The summed E-state index contributed by atoms with van der Waals surface area (Å²) >= 11 is 0. The van der Waals surface area contributed by atoms with Gasteiger partial charge >= 0.3 is 0 Å².